The number of nitrogens with one attached hydrogen (secondary N) is 2. The molecule has 0 radical (unpaired) electrons. The topological polar surface area (TPSA) is 49.8 Å². The highest BCUT2D eigenvalue weighted by molar-refractivity contribution is 5.51. The standard InChI is InChI=1S/C14H19F3N4/c1-2-7-18-10-8-11(20-12(19-10)9-3-4-9)21-13(5-6-13)14(15,16)17/h8-9H,2-7H2,1H3,(H2,18,19,20,21). The van der Waals surface area contributed by atoms with Gasteiger partial charge in [-0.05, 0) is 32.1 Å². The lowest BCUT2D eigenvalue weighted by Crippen LogP contribution is -2.39. The summed E-state index contributed by atoms with van der Waals surface area (Å²) in [6.45, 7) is 2.77. The average molecular weight is 300 g/mol. The molecular formula is C14H19F3N4. The maximum Gasteiger partial charge on any atom is 0.411 e. The maximum atomic E-state index is 13.0. The summed E-state index contributed by atoms with van der Waals surface area (Å²) in [5.74, 6) is 1.83. The average Bonchev–Trinajstić information content (AvgIpc) is 3.27. The summed E-state index contributed by atoms with van der Waals surface area (Å²) in [6, 6.07) is 1.58. The van der Waals surface area contributed by atoms with Crippen molar-refractivity contribution in [2.45, 2.75) is 56.7 Å². The zero-order chi connectivity index (χ0) is 15.1. The first-order valence-corrected chi connectivity index (χ1v) is 7.41. The van der Waals surface area contributed by atoms with Gasteiger partial charge in [0.1, 0.15) is 23.0 Å². The summed E-state index contributed by atoms with van der Waals surface area (Å²) in [7, 11) is 0. The van der Waals surface area contributed by atoms with Crippen LogP contribution in [0.25, 0.3) is 0 Å². The molecule has 0 amide bonds. The molecule has 2 N–H and O–H groups in total. The van der Waals surface area contributed by atoms with Gasteiger partial charge in [0.05, 0.1) is 0 Å². The van der Waals surface area contributed by atoms with Crippen molar-refractivity contribution in [3.63, 3.8) is 0 Å². The van der Waals surface area contributed by atoms with Gasteiger partial charge in [0.25, 0.3) is 0 Å². The van der Waals surface area contributed by atoms with E-state index in [2.05, 4.69) is 20.6 Å². The normalized spacial score (nSPS) is 20.2. The van der Waals surface area contributed by atoms with Crippen molar-refractivity contribution >= 4 is 11.6 Å². The van der Waals surface area contributed by atoms with Gasteiger partial charge >= 0.3 is 6.18 Å². The van der Waals surface area contributed by atoms with Gasteiger partial charge in [0.2, 0.25) is 0 Å². The van der Waals surface area contributed by atoms with Crippen molar-refractivity contribution in [3.05, 3.63) is 11.9 Å². The van der Waals surface area contributed by atoms with Crippen molar-refractivity contribution in [2.75, 3.05) is 17.2 Å². The molecule has 116 valence electrons. The lowest BCUT2D eigenvalue weighted by molar-refractivity contribution is -0.151. The van der Waals surface area contributed by atoms with Gasteiger partial charge in [0, 0.05) is 18.5 Å². The molecule has 1 heterocycles. The molecule has 0 aromatic carbocycles. The zero-order valence-corrected chi connectivity index (χ0v) is 11.9. The van der Waals surface area contributed by atoms with Gasteiger partial charge in [-0.3, -0.25) is 0 Å². The van der Waals surface area contributed by atoms with Crippen molar-refractivity contribution in [1.29, 1.82) is 0 Å². The Morgan fingerprint density at radius 3 is 2.43 bits per heavy atom. The van der Waals surface area contributed by atoms with Gasteiger partial charge in [0.15, 0.2) is 0 Å². The highest BCUT2D eigenvalue weighted by Gasteiger charge is 2.63. The lowest BCUT2D eigenvalue weighted by atomic mass is 10.2. The SMILES string of the molecule is CCCNc1cc(NC2(C(F)(F)F)CC2)nc(C2CC2)n1. The van der Waals surface area contributed by atoms with Crippen LogP contribution in [-0.4, -0.2) is 28.2 Å². The lowest BCUT2D eigenvalue weighted by Gasteiger charge is -2.22. The third kappa shape index (κ3) is 3.06. The first-order chi connectivity index (χ1) is 9.93. The molecule has 0 atom stereocenters. The molecule has 0 bridgehead atoms. The van der Waals surface area contributed by atoms with E-state index in [1.165, 1.54) is 0 Å². The zero-order valence-electron chi connectivity index (χ0n) is 11.9. The number of nitrogens with zero attached hydrogens (tertiary/aromatic N) is 2. The van der Waals surface area contributed by atoms with Crippen LogP contribution in [0.15, 0.2) is 6.07 Å². The van der Waals surface area contributed by atoms with E-state index >= 15 is 0 Å². The summed E-state index contributed by atoms with van der Waals surface area (Å²) in [5, 5.41) is 5.72. The fourth-order valence-corrected chi connectivity index (χ4v) is 2.25. The van der Waals surface area contributed by atoms with Gasteiger partial charge in [-0.1, -0.05) is 6.92 Å². The number of hydrogen-bond acceptors (Lipinski definition) is 4. The molecule has 1 aromatic rings. The van der Waals surface area contributed by atoms with E-state index in [-0.39, 0.29) is 18.7 Å². The van der Waals surface area contributed by atoms with Crippen LogP contribution in [0.3, 0.4) is 0 Å². The van der Waals surface area contributed by atoms with Crippen molar-refractivity contribution in [2.24, 2.45) is 0 Å². The van der Waals surface area contributed by atoms with Gasteiger partial charge < -0.3 is 10.6 Å². The van der Waals surface area contributed by atoms with Crippen LogP contribution in [0.2, 0.25) is 0 Å². The minimum Gasteiger partial charge on any atom is -0.370 e. The van der Waals surface area contributed by atoms with Crippen LogP contribution < -0.4 is 10.6 Å². The van der Waals surface area contributed by atoms with Crippen LogP contribution in [0.5, 0.6) is 0 Å². The van der Waals surface area contributed by atoms with Crippen LogP contribution in [-0.2, 0) is 0 Å². The number of alkyl halides is 3. The summed E-state index contributed by atoms with van der Waals surface area (Å²) in [6.07, 6.45) is -1.07. The van der Waals surface area contributed by atoms with E-state index in [4.69, 9.17) is 0 Å². The minimum atomic E-state index is -4.24. The van der Waals surface area contributed by atoms with Gasteiger partial charge in [-0.25, -0.2) is 9.97 Å². The fourth-order valence-electron chi connectivity index (χ4n) is 2.25. The second kappa shape index (κ2) is 5.03. The minimum absolute atomic E-state index is 0.108. The Kier molecular flexibility index (Phi) is 3.45. The third-order valence-electron chi connectivity index (χ3n) is 3.90. The first kappa shape index (κ1) is 14.4. The van der Waals surface area contributed by atoms with E-state index in [9.17, 15) is 13.2 Å². The predicted molar refractivity (Wildman–Crippen MR) is 74.4 cm³/mol. The maximum absolute atomic E-state index is 13.0. The summed E-state index contributed by atoms with van der Waals surface area (Å²) < 4.78 is 39.1. The molecule has 0 aliphatic heterocycles. The molecule has 4 nitrogen and oxygen atoms in total. The molecule has 2 aliphatic rings. The molecule has 0 unspecified atom stereocenters. The number of halogens is 3. The Balaban J connectivity index is 1.82. The highest BCUT2D eigenvalue weighted by Crippen LogP contribution is 2.51. The Labute approximate surface area is 121 Å². The number of anilines is 2. The van der Waals surface area contributed by atoms with E-state index in [0.717, 1.165) is 25.8 Å². The quantitative estimate of drug-likeness (QED) is 0.841. The Bertz CT molecular complexity index is 521. The molecule has 7 heteroatoms. The molecule has 2 fully saturated rings. The largest absolute Gasteiger partial charge is 0.411 e. The highest BCUT2D eigenvalue weighted by atomic mass is 19.4. The molecule has 3 rings (SSSR count). The van der Waals surface area contributed by atoms with Crippen molar-refractivity contribution < 1.29 is 13.2 Å². The molecular weight excluding hydrogens is 281 g/mol. The Hall–Kier alpha value is -1.53. The molecule has 1 aromatic heterocycles. The Morgan fingerprint density at radius 1 is 1.24 bits per heavy atom. The van der Waals surface area contributed by atoms with E-state index in [0.29, 0.717) is 17.6 Å². The fraction of sp³-hybridized carbons (Fsp3) is 0.714. The van der Waals surface area contributed by atoms with Gasteiger partial charge in [-0.2, -0.15) is 13.2 Å². The molecule has 0 saturated heterocycles. The molecule has 2 saturated carbocycles. The Morgan fingerprint density at radius 2 is 1.90 bits per heavy atom. The smallest absolute Gasteiger partial charge is 0.370 e. The third-order valence-corrected chi connectivity index (χ3v) is 3.90. The predicted octanol–water partition coefficient (Wildman–Crippen LogP) is 3.68. The molecule has 0 spiro atoms. The van der Waals surface area contributed by atoms with Crippen molar-refractivity contribution in [3.8, 4) is 0 Å². The number of aromatic nitrogens is 2. The second-order valence-electron chi connectivity index (χ2n) is 5.90. The summed E-state index contributed by atoms with van der Waals surface area (Å²) >= 11 is 0. The molecule has 21 heavy (non-hydrogen) atoms. The van der Waals surface area contributed by atoms with Crippen LogP contribution in [0.1, 0.15) is 50.8 Å². The molecule has 2 aliphatic carbocycles. The van der Waals surface area contributed by atoms with Gasteiger partial charge in [-0.15, -0.1) is 0 Å². The van der Waals surface area contributed by atoms with E-state index in [1.54, 1.807) is 6.07 Å². The van der Waals surface area contributed by atoms with E-state index < -0.39 is 11.7 Å². The van der Waals surface area contributed by atoms with Crippen LogP contribution >= 0.6 is 0 Å². The van der Waals surface area contributed by atoms with E-state index in [1.807, 2.05) is 6.92 Å². The van der Waals surface area contributed by atoms with Crippen molar-refractivity contribution in [1.82, 2.24) is 9.97 Å². The number of rotatable bonds is 6. The van der Waals surface area contributed by atoms with Crippen LogP contribution in [0, 0.1) is 0 Å². The number of hydrogen-bond donors (Lipinski definition) is 2. The summed E-state index contributed by atoms with van der Waals surface area (Å²) in [5.41, 5.74) is -1.79. The second-order valence-corrected chi connectivity index (χ2v) is 5.90. The van der Waals surface area contributed by atoms with Crippen LogP contribution in [0.4, 0.5) is 24.8 Å². The summed E-state index contributed by atoms with van der Waals surface area (Å²) in [4.78, 5) is 8.68. The monoisotopic (exact) mass is 300 g/mol. The first-order valence-electron chi connectivity index (χ1n) is 7.41.